The Balaban J connectivity index is 1.84. The topological polar surface area (TPSA) is 59.2 Å². The largest absolute Gasteiger partial charge is 0.337 e. The van der Waals surface area contributed by atoms with E-state index in [0.717, 1.165) is 19.4 Å². The molecule has 0 N–H and O–H groups in total. The molecule has 0 saturated carbocycles. The van der Waals surface area contributed by atoms with Gasteiger partial charge >= 0.3 is 0 Å². The molecule has 21 heavy (non-hydrogen) atoms. The molecule has 0 radical (unpaired) electrons. The van der Waals surface area contributed by atoms with Crippen molar-refractivity contribution in [2.75, 3.05) is 6.54 Å². The minimum absolute atomic E-state index is 0.0963. The molecule has 1 aliphatic heterocycles. The van der Waals surface area contributed by atoms with Gasteiger partial charge in [-0.3, -0.25) is 4.79 Å². The Morgan fingerprint density at radius 2 is 2.19 bits per heavy atom. The molecule has 0 aliphatic carbocycles. The molecule has 0 bridgehead atoms. The molecular weight excluding hydrogens is 273 g/mol. The van der Waals surface area contributed by atoms with Crippen LogP contribution in [0.4, 0.5) is 4.39 Å². The van der Waals surface area contributed by atoms with E-state index in [1.54, 1.807) is 17.0 Å². The second kappa shape index (κ2) is 5.63. The van der Waals surface area contributed by atoms with E-state index in [4.69, 9.17) is 4.52 Å². The van der Waals surface area contributed by atoms with Crippen LogP contribution in [0, 0.1) is 5.82 Å². The van der Waals surface area contributed by atoms with Gasteiger partial charge in [0.25, 0.3) is 0 Å². The van der Waals surface area contributed by atoms with Crippen molar-refractivity contribution in [2.24, 2.45) is 0 Å². The van der Waals surface area contributed by atoms with Crippen molar-refractivity contribution in [2.45, 2.75) is 32.2 Å². The third-order valence-electron chi connectivity index (χ3n) is 3.70. The molecule has 110 valence electrons. The fourth-order valence-electron chi connectivity index (χ4n) is 2.61. The van der Waals surface area contributed by atoms with E-state index in [0.29, 0.717) is 23.7 Å². The van der Waals surface area contributed by atoms with E-state index >= 15 is 0 Å². The first-order valence-corrected chi connectivity index (χ1v) is 7.08. The molecule has 6 heteroatoms. The fourth-order valence-corrected chi connectivity index (χ4v) is 2.61. The number of hydrogen-bond donors (Lipinski definition) is 0. The SMILES string of the molecule is CCC(=O)N1CCC[C@@H]1c1nc(-c2ccc(F)cc2)no1. The summed E-state index contributed by atoms with van der Waals surface area (Å²) in [6.45, 7) is 2.57. The van der Waals surface area contributed by atoms with Crippen molar-refractivity contribution in [3.8, 4) is 11.4 Å². The third kappa shape index (κ3) is 2.66. The number of halogens is 1. The molecule has 0 spiro atoms. The van der Waals surface area contributed by atoms with Crippen molar-refractivity contribution in [3.05, 3.63) is 36.0 Å². The van der Waals surface area contributed by atoms with Crippen LogP contribution in [0.5, 0.6) is 0 Å². The van der Waals surface area contributed by atoms with E-state index in [-0.39, 0.29) is 17.8 Å². The van der Waals surface area contributed by atoms with Gasteiger partial charge in [-0.05, 0) is 37.1 Å². The standard InChI is InChI=1S/C15H16FN3O2/c1-2-13(20)19-9-3-4-12(19)15-17-14(18-21-15)10-5-7-11(16)8-6-10/h5-8,12H,2-4,9H2,1H3/t12-/m1/s1. The average Bonchev–Trinajstić information content (AvgIpc) is 3.15. The number of carbonyl (C=O) groups excluding carboxylic acids is 1. The molecule has 3 rings (SSSR count). The first-order valence-electron chi connectivity index (χ1n) is 7.08. The predicted molar refractivity (Wildman–Crippen MR) is 73.7 cm³/mol. The zero-order valence-electron chi connectivity index (χ0n) is 11.8. The first kappa shape index (κ1) is 13.7. The second-order valence-corrected chi connectivity index (χ2v) is 5.06. The van der Waals surface area contributed by atoms with E-state index in [2.05, 4.69) is 10.1 Å². The van der Waals surface area contributed by atoms with Gasteiger partial charge in [0.05, 0.1) is 0 Å². The van der Waals surface area contributed by atoms with E-state index in [1.807, 2.05) is 6.92 Å². The zero-order chi connectivity index (χ0) is 14.8. The summed E-state index contributed by atoms with van der Waals surface area (Å²) in [7, 11) is 0. The molecule has 2 aromatic rings. The summed E-state index contributed by atoms with van der Waals surface area (Å²) >= 11 is 0. The van der Waals surface area contributed by atoms with Crippen LogP contribution in [-0.4, -0.2) is 27.5 Å². The van der Waals surface area contributed by atoms with Gasteiger partial charge in [-0.15, -0.1) is 0 Å². The number of aromatic nitrogens is 2. The lowest BCUT2D eigenvalue weighted by atomic mass is 10.2. The highest BCUT2D eigenvalue weighted by Crippen LogP contribution is 2.32. The Kier molecular flexibility index (Phi) is 3.68. The van der Waals surface area contributed by atoms with Crippen molar-refractivity contribution in [3.63, 3.8) is 0 Å². The summed E-state index contributed by atoms with van der Waals surface area (Å²) in [5.41, 5.74) is 0.692. The fraction of sp³-hybridized carbons (Fsp3) is 0.400. The van der Waals surface area contributed by atoms with Crippen molar-refractivity contribution < 1.29 is 13.7 Å². The Morgan fingerprint density at radius 1 is 1.43 bits per heavy atom. The molecule has 1 fully saturated rings. The Morgan fingerprint density at radius 3 is 2.90 bits per heavy atom. The Bertz CT molecular complexity index is 639. The lowest BCUT2D eigenvalue weighted by Crippen LogP contribution is -2.29. The summed E-state index contributed by atoms with van der Waals surface area (Å²) in [6.07, 6.45) is 2.23. The normalized spacial score (nSPS) is 18.2. The van der Waals surface area contributed by atoms with Crippen LogP contribution >= 0.6 is 0 Å². The summed E-state index contributed by atoms with van der Waals surface area (Å²) in [5.74, 6) is 0.659. The number of hydrogen-bond acceptors (Lipinski definition) is 4. The first-order chi connectivity index (χ1) is 10.2. The van der Waals surface area contributed by atoms with Crippen LogP contribution in [0.1, 0.15) is 38.1 Å². The quantitative estimate of drug-likeness (QED) is 0.871. The highest BCUT2D eigenvalue weighted by Gasteiger charge is 2.33. The summed E-state index contributed by atoms with van der Waals surface area (Å²) in [5, 5.41) is 3.93. The molecule has 1 amide bonds. The molecule has 1 saturated heterocycles. The summed E-state index contributed by atoms with van der Waals surface area (Å²) in [4.78, 5) is 18.1. The number of likely N-dealkylation sites (tertiary alicyclic amines) is 1. The van der Waals surface area contributed by atoms with Gasteiger partial charge in [0, 0.05) is 18.5 Å². The maximum atomic E-state index is 12.9. The molecule has 1 atom stereocenters. The van der Waals surface area contributed by atoms with Crippen LogP contribution in [0.25, 0.3) is 11.4 Å². The average molecular weight is 289 g/mol. The summed E-state index contributed by atoms with van der Waals surface area (Å²) < 4.78 is 18.2. The van der Waals surface area contributed by atoms with Gasteiger partial charge in [-0.2, -0.15) is 4.98 Å². The maximum absolute atomic E-state index is 12.9. The van der Waals surface area contributed by atoms with Gasteiger partial charge in [-0.1, -0.05) is 12.1 Å². The van der Waals surface area contributed by atoms with E-state index in [9.17, 15) is 9.18 Å². The zero-order valence-corrected chi connectivity index (χ0v) is 11.8. The number of carbonyl (C=O) groups is 1. The van der Waals surface area contributed by atoms with Gasteiger partial charge in [0.15, 0.2) is 0 Å². The number of amides is 1. The minimum Gasteiger partial charge on any atom is -0.337 e. The molecule has 5 nitrogen and oxygen atoms in total. The van der Waals surface area contributed by atoms with E-state index < -0.39 is 0 Å². The second-order valence-electron chi connectivity index (χ2n) is 5.06. The van der Waals surface area contributed by atoms with Crippen LogP contribution in [0.2, 0.25) is 0 Å². The number of benzene rings is 1. The molecule has 1 aliphatic rings. The Hall–Kier alpha value is -2.24. The molecule has 1 aromatic carbocycles. The monoisotopic (exact) mass is 289 g/mol. The third-order valence-corrected chi connectivity index (χ3v) is 3.70. The Labute approximate surface area is 121 Å². The van der Waals surface area contributed by atoms with Crippen molar-refractivity contribution >= 4 is 5.91 Å². The minimum atomic E-state index is -0.307. The van der Waals surface area contributed by atoms with Crippen LogP contribution < -0.4 is 0 Å². The van der Waals surface area contributed by atoms with Gasteiger partial charge in [-0.25, -0.2) is 4.39 Å². The van der Waals surface area contributed by atoms with Crippen molar-refractivity contribution in [1.29, 1.82) is 0 Å². The highest BCUT2D eigenvalue weighted by atomic mass is 19.1. The highest BCUT2D eigenvalue weighted by molar-refractivity contribution is 5.76. The molecule has 1 aromatic heterocycles. The van der Waals surface area contributed by atoms with Crippen molar-refractivity contribution in [1.82, 2.24) is 15.0 Å². The smallest absolute Gasteiger partial charge is 0.249 e. The number of nitrogens with zero attached hydrogens (tertiary/aromatic N) is 3. The molecular formula is C15H16FN3O2. The van der Waals surface area contributed by atoms with Gasteiger partial charge in [0.2, 0.25) is 17.6 Å². The summed E-state index contributed by atoms with van der Waals surface area (Å²) in [6, 6.07) is 5.78. The van der Waals surface area contributed by atoms with E-state index in [1.165, 1.54) is 12.1 Å². The lowest BCUT2D eigenvalue weighted by molar-refractivity contribution is -0.132. The number of rotatable bonds is 3. The van der Waals surface area contributed by atoms with Crippen LogP contribution in [0.3, 0.4) is 0 Å². The maximum Gasteiger partial charge on any atom is 0.249 e. The van der Waals surface area contributed by atoms with Gasteiger partial charge in [0.1, 0.15) is 11.9 Å². The lowest BCUT2D eigenvalue weighted by Gasteiger charge is -2.20. The molecule has 2 heterocycles. The van der Waals surface area contributed by atoms with Gasteiger partial charge < -0.3 is 9.42 Å². The van der Waals surface area contributed by atoms with Crippen LogP contribution in [-0.2, 0) is 4.79 Å². The van der Waals surface area contributed by atoms with Crippen LogP contribution in [0.15, 0.2) is 28.8 Å². The molecule has 0 unspecified atom stereocenters. The predicted octanol–water partition coefficient (Wildman–Crippen LogP) is 2.95.